The number of benzene rings is 1. The highest BCUT2D eigenvalue weighted by molar-refractivity contribution is 8.01. The maximum atomic E-state index is 11.7. The zero-order valence-corrected chi connectivity index (χ0v) is 19.5. The smallest absolute Gasteiger partial charge is 0.303 e. The van der Waals surface area contributed by atoms with Gasteiger partial charge in [-0.25, -0.2) is 4.98 Å². The van der Waals surface area contributed by atoms with Crippen LogP contribution in [0, 0.1) is 0 Å². The molecule has 11 heteroatoms. The molecule has 0 atom stereocenters. The predicted octanol–water partition coefficient (Wildman–Crippen LogP) is 2.21. The summed E-state index contributed by atoms with van der Waals surface area (Å²) < 4.78 is 2.04. The lowest BCUT2D eigenvalue weighted by molar-refractivity contribution is -0.138. The van der Waals surface area contributed by atoms with E-state index in [0.717, 1.165) is 39.6 Å². The van der Waals surface area contributed by atoms with Gasteiger partial charge in [0, 0.05) is 17.9 Å². The van der Waals surface area contributed by atoms with Crippen molar-refractivity contribution in [2.45, 2.75) is 42.0 Å². The third kappa shape index (κ3) is 10.5. The number of carbonyl (C=O) groups excluding carboxylic acids is 1. The maximum absolute atomic E-state index is 11.7. The van der Waals surface area contributed by atoms with Gasteiger partial charge in [0.05, 0.1) is 42.0 Å². The van der Waals surface area contributed by atoms with Crippen molar-refractivity contribution >= 4 is 50.9 Å². The third-order valence-electron chi connectivity index (χ3n) is 4.19. The number of aromatic nitrogens is 1. The second kappa shape index (κ2) is 14.9. The molecule has 0 unspecified atom stereocenters. The molecule has 0 spiro atoms. The summed E-state index contributed by atoms with van der Waals surface area (Å²) in [4.78, 5) is 26.8. The van der Waals surface area contributed by atoms with Crippen molar-refractivity contribution in [3.8, 4) is 0 Å². The molecule has 32 heavy (non-hydrogen) atoms. The van der Waals surface area contributed by atoms with Crippen LogP contribution in [0.3, 0.4) is 0 Å². The van der Waals surface area contributed by atoms with E-state index >= 15 is 0 Å². The molecular formula is C21H31N3O6S2. The first-order valence-corrected chi connectivity index (χ1v) is 11.8. The Kier molecular flexibility index (Phi) is 13.1. The van der Waals surface area contributed by atoms with Crippen molar-refractivity contribution < 1.29 is 30.0 Å². The van der Waals surface area contributed by atoms with E-state index in [-0.39, 0.29) is 18.7 Å². The fourth-order valence-corrected chi connectivity index (χ4v) is 4.36. The van der Waals surface area contributed by atoms with Crippen molar-refractivity contribution in [1.82, 2.24) is 4.98 Å². The number of nitrogens with one attached hydrogen (secondary N) is 1. The van der Waals surface area contributed by atoms with Gasteiger partial charge in [-0.2, -0.15) is 0 Å². The largest absolute Gasteiger partial charge is 0.481 e. The number of hydrogen-bond donors (Lipinski definition) is 6. The zero-order chi connectivity index (χ0) is 24.0. The average Bonchev–Trinajstić information content (AvgIpc) is 3.19. The number of nitrogens with zero attached hydrogens (tertiary/aromatic N) is 1. The van der Waals surface area contributed by atoms with Gasteiger partial charge in [0.25, 0.3) is 0 Å². The monoisotopic (exact) mass is 485 g/mol. The molecule has 7 N–H and O–H groups in total. The summed E-state index contributed by atoms with van der Waals surface area (Å²) in [7, 11) is 0. The summed E-state index contributed by atoms with van der Waals surface area (Å²) in [5, 5.41) is 36.3. The number of thiazole rings is 1. The first kappa shape index (κ1) is 28.0. The van der Waals surface area contributed by atoms with E-state index in [1.807, 2.05) is 18.2 Å². The molecule has 1 amide bonds. The fourth-order valence-electron chi connectivity index (χ4n) is 2.19. The Morgan fingerprint density at radius 3 is 2.44 bits per heavy atom. The van der Waals surface area contributed by atoms with E-state index in [4.69, 9.17) is 26.2 Å². The van der Waals surface area contributed by atoms with Crippen molar-refractivity contribution in [2.24, 2.45) is 5.73 Å². The number of anilines is 1. The third-order valence-corrected chi connectivity index (χ3v) is 6.44. The summed E-state index contributed by atoms with van der Waals surface area (Å²) in [6.45, 7) is 2.51. The molecule has 0 saturated heterocycles. The molecule has 0 bridgehead atoms. The van der Waals surface area contributed by atoms with E-state index in [2.05, 4.69) is 16.9 Å². The number of thioether (sulfide) groups is 1. The average molecular weight is 486 g/mol. The first-order valence-electron chi connectivity index (χ1n) is 10.0. The molecule has 1 heterocycles. The molecule has 0 radical (unpaired) electrons. The summed E-state index contributed by atoms with van der Waals surface area (Å²) in [5.41, 5.74) is 5.52. The lowest BCUT2D eigenvalue weighted by atomic mass is 10.1. The number of aliphatic hydroxyl groups excluding tert-OH is 3. The van der Waals surface area contributed by atoms with Crippen molar-refractivity contribution in [2.75, 3.05) is 30.9 Å². The molecule has 0 aliphatic heterocycles. The summed E-state index contributed by atoms with van der Waals surface area (Å²) in [6, 6.07) is 5.55. The number of carbonyl (C=O) groups is 2. The summed E-state index contributed by atoms with van der Waals surface area (Å²) in [6.07, 6.45) is 5.08. The van der Waals surface area contributed by atoms with Gasteiger partial charge in [0.2, 0.25) is 5.91 Å². The molecule has 9 nitrogen and oxygen atoms in total. The van der Waals surface area contributed by atoms with Crippen LogP contribution in [0.1, 0.15) is 32.1 Å². The molecule has 0 aliphatic rings. The molecule has 0 fully saturated rings. The van der Waals surface area contributed by atoms with Crippen molar-refractivity contribution in [1.29, 1.82) is 0 Å². The number of nitrogens with two attached hydrogens (primary N) is 1. The van der Waals surface area contributed by atoms with E-state index < -0.39 is 31.3 Å². The SMILES string of the molecule is C=CCCCCSc1nc2ccc(NC(=O)CCC(=O)O)cc2s1.NC(CO)(CO)CO. The standard InChI is InChI=1S/C17H20N2O3S2.C4H11NO3/c1-2-3-4-5-10-23-17-19-13-7-6-12(11-14(13)24-17)18-15(20)8-9-16(21)22;5-4(1-6,2-7)3-8/h2,6-7,11H,1,3-5,8-10H2,(H,18,20)(H,21,22);6-8H,1-3,5H2. The molecular weight excluding hydrogens is 454 g/mol. The highest BCUT2D eigenvalue weighted by Crippen LogP contribution is 2.31. The number of rotatable bonds is 13. The van der Waals surface area contributed by atoms with Gasteiger partial charge < -0.3 is 31.5 Å². The van der Waals surface area contributed by atoms with E-state index in [0.29, 0.717) is 5.69 Å². The van der Waals surface area contributed by atoms with Crippen LogP contribution in [0.25, 0.3) is 10.2 Å². The Labute approximate surface area is 195 Å². The number of unbranched alkanes of at least 4 members (excludes halogenated alkanes) is 2. The first-order chi connectivity index (χ1) is 15.3. The number of carboxylic acid groups (broad SMARTS) is 1. The van der Waals surface area contributed by atoms with Gasteiger partial charge >= 0.3 is 5.97 Å². The fraction of sp³-hybridized carbons (Fsp3) is 0.476. The van der Waals surface area contributed by atoms with E-state index in [1.54, 1.807) is 29.2 Å². The number of amides is 1. The molecule has 1 aromatic heterocycles. The Morgan fingerprint density at radius 2 is 1.88 bits per heavy atom. The normalized spacial score (nSPS) is 11.0. The topological polar surface area (TPSA) is 166 Å². The Bertz CT molecular complexity index is 862. The van der Waals surface area contributed by atoms with Crippen LogP contribution in [-0.2, 0) is 9.59 Å². The minimum atomic E-state index is -1.21. The van der Waals surface area contributed by atoms with E-state index in [9.17, 15) is 9.59 Å². The summed E-state index contributed by atoms with van der Waals surface area (Å²) >= 11 is 3.36. The number of carboxylic acids is 1. The van der Waals surface area contributed by atoms with Gasteiger partial charge in [-0.1, -0.05) is 17.8 Å². The molecule has 2 aromatic rings. The van der Waals surface area contributed by atoms with Crippen molar-refractivity contribution in [3.63, 3.8) is 0 Å². The molecule has 2 rings (SSSR count). The maximum Gasteiger partial charge on any atom is 0.303 e. The van der Waals surface area contributed by atoms with E-state index in [1.165, 1.54) is 0 Å². The van der Waals surface area contributed by atoms with Gasteiger partial charge in [-0.05, 0) is 37.5 Å². The molecule has 1 aromatic carbocycles. The molecule has 0 aliphatic carbocycles. The lowest BCUT2D eigenvalue weighted by Crippen LogP contribution is -2.50. The lowest BCUT2D eigenvalue weighted by Gasteiger charge is -2.20. The van der Waals surface area contributed by atoms with Crippen LogP contribution >= 0.6 is 23.1 Å². The number of allylic oxidation sites excluding steroid dienone is 1. The number of aliphatic hydroxyl groups is 3. The van der Waals surface area contributed by atoms with Crippen molar-refractivity contribution in [3.05, 3.63) is 30.9 Å². The van der Waals surface area contributed by atoms with Crippen LogP contribution in [0.2, 0.25) is 0 Å². The number of aliphatic carboxylic acids is 1. The highest BCUT2D eigenvalue weighted by Gasteiger charge is 2.20. The summed E-state index contributed by atoms with van der Waals surface area (Å²) in [5.74, 6) is -0.234. The minimum absolute atomic E-state index is 0.0259. The Balaban J connectivity index is 0.000000547. The van der Waals surface area contributed by atoms with Crippen LogP contribution < -0.4 is 11.1 Å². The van der Waals surface area contributed by atoms with Crippen LogP contribution in [0.15, 0.2) is 35.2 Å². The van der Waals surface area contributed by atoms with Crippen LogP contribution in [0.4, 0.5) is 5.69 Å². The molecule has 0 saturated carbocycles. The van der Waals surface area contributed by atoms with Crippen LogP contribution in [-0.4, -0.2) is 68.4 Å². The molecule has 178 valence electrons. The number of hydrogen-bond acceptors (Lipinski definition) is 9. The van der Waals surface area contributed by atoms with Gasteiger partial charge in [-0.3, -0.25) is 9.59 Å². The highest BCUT2D eigenvalue weighted by atomic mass is 32.2. The second-order valence-electron chi connectivity index (χ2n) is 7.07. The van der Waals surface area contributed by atoms with Gasteiger partial charge in [0.15, 0.2) is 4.34 Å². The van der Waals surface area contributed by atoms with Gasteiger partial charge in [-0.15, -0.1) is 17.9 Å². The van der Waals surface area contributed by atoms with Gasteiger partial charge in [0.1, 0.15) is 0 Å². The zero-order valence-electron chi connectivity index (χ0n) is 17.8. The predicted molar refractivity (Wildman–Crippen MR) is 128 cm³/mol. The minimum Gasteiger partial charge on any atom is -0.481 e. The Hall–Kier alpha value is -2.02. The number of fused-ring (bicyclic) bond motifs is 1. The quantitative estimate of drug-likeness (QED) is 0.142. The Morgan fingerprint density at radius 1 is 1.19 bits per heavy atom. The van der Waals surface area contributed by atoms with Crippen LogP contribution in [0.5, 0.6) is 0 Å². The second-order valence-corrected chi connectivity index (χ2v) is 9.45.